The Morgan fingerprint density at radius 1 is 1.45 bits per heavy atom. The summed E-state index contributed by atoms with van der Waals surface area (Å²) < 4.78 is 0. The number of likely N-dealkylation sites (tertiary alicyclic amines) is 1. The van der Waals surface area contributed by atoms with Crippen LogP contribution in [-0.4, -0.2) is 30.3 Å². The van der Waals surface area contributed by atoms with Crippen LogP contribution in [-0.2, 0) is 4.79 Å². The normalized spacial score (nSPS) is 19.8. The maximum Gasteiger partial charge on any atom is 0.314 e. The zero-order valence-electron chi connectivity index (χ0n) is 6.25. The summed E-state index contributed by atoms with van der Waals surface area (Å²) >= 11 is 0. The summed E-state index contributed by atoms with van der Waals surface area (Å²) in [6, 6.07) is -0.394. The highest BCUT2D eigenvalue weighted by Gasteiger charge is 2.20. The molecule has 1 saturated heterocycles. The molecule has 4 heteroatoms. The molecule has 0 aromatic carbocycles. The minimum atomic E-state index is -0.394. The number of nitrogens with zero attached hydrogens (tertiary/aromatic N) is 1. The Balaban J connectivity index is 2.35. The van der Waals surface area contributed by atoms with Crippen LogP contribution < -0.4 is 5.73 Å². The molecule has 2 amide bonds. The van der Waals surface area contributed by atoms with E-state index in [9.17, 15) is 9.59 Å². The molecule has 0 atom stereocenters. The third kappa shape index (κ3) is 1.93. The van der Waals surface area contributed by atoms with Crippen molar-refractivity contribution in [2.45, 2.75) is 12.8 Å². The number of primary amides is 1. The highest BCUT2D eigenvalue weighted by Crippen LogP contribution is 2.13. The Bertz CT molecular complexity index is 162. The molecular formula is C7H11N2O2. The summed E-state index contributed by atoms with van der Waals surface area (Å²) in [7, 11) is 0. The van der Waals surface area contributed by atoms with Crippen LogP contribution in [0.15, 0.2) is 0 Å². The number of carbonyl (C=O) groups excluding carboxylic acids is 2. The SMILES string of the molecule is NC(=O)N1CCC([C]=O)CC1. The fourth-order valence-electron chi connectivity index (χ4n) is 1.22. The van der Waals surface area contributed by atoms with Crippen molar-refractivity contribution in [2.24, 2.45) is 11.7 Å². The molecule has 1 radical (unpaired) electrons. The lowest BCUT2D eigenvalue weighted by molar-refractivity contribution is 0.189. The molecule has 11 heavy (non-hydrogen) atoms. The number of hydrogen-bond acceptors (Lipinski definition) is 2. The van der Waals surface area contributed by atoms with Crippen LogP contribution in [0.25, 0.3) is 0 Å². The van der Waals surface area contributed by atoms with Gasteiger partial charge in [0.05, 0.1) is 0 Å². The van der Waals surface area contributed by atoms with E-state index in [4.69, 9.17) is 5.73 Å². The van der Waals surface area contributed by atoms with Crippen molar-refractivity contribution in [3.05, 3.63) is 0 Å². The van der Waals surface area contributed by atoms with Crippen molar-refractivity contribution in [3.63, 3.8) is 0 Å². The van der Waals surface area contributed by atoms with Gasteiger partial charge in [-0.2, -0.15) is 0 Å². The second kappa shape index (κ2) is 3.37. The molecule has 61 valence electrons. The van der Waals surface area contributed by atoms with E-state index in [0.717, 1.165) is 0 Å². The van der Waals surface area contributed by atoms with E-state index < -0.39 is 6.03 Å². The van der Waals surface area contributed by atoms with Crippen LogP contribution in [0, 0.1) is 5.92 Å². The number of rotatable bonds is 1. The van der Waals surface area contributed by atoms with Crippen molar-refractivity contribution in [2.75, 3.05) is 13.1 Å². The van der Waals surface area contributed by atoms with Crippen LogP contribution >= 0.6 is 0 Å². The lowest BCUT2D eigenvalue weighted by Gasteiger charge is -2.27. The lowest BCUT2D eigenvalue weighted by Crippen LogP contribution is -2.41. The van der Waals surface area contributed by atoms with Crippen molar-refractivity contribution in [1.29, 1.82) is 0 Å². The second-order valence-corrected chi connectivity index (χ2v) is 2.72. The Morgan fingerprint density at radius 3 is 2.36 bits per heavy atom. The van der Waals surface area contributed by atoms with Gasteiger partial charge in [-0.15, -0.1) is 0 Å². The maximum absolute atomic E-state index is 10.6. The Labute approximate surface area is 65.3 Å². The molecule has 4 nitrogen and oxygen atoms in total. The summed E-state index contributed by atoms with van der Waals surface area (Å²) in [6.45, 7) is 1.18. The molecule has 1 rings (SSSR count). The smallest absolute Gasteiger partial charge is 0.314 e. The monoisotopic (exact) mass is 155 g/mol. The molecule has 0 aromatic rings. The summed E-state index contributed by atoms with van der Waals surface area (Å²) in [4.78, 5) is 22.3. The number of nitrogens with two attached hydrogens (primary N) is 1. The topological polar surface area (TPSA) is 63.4 Å². The lowest BCUT2D eigenvalue weighted by atomic mass is 9.99. The van der Waals surface area contributed by atoms with Gasteiger partial charge in [-0.1, -0.05) is 0 Å². The molecule has 0 unspecified atom stereocenters. The zero-order chi connectivity index (χ0) is 8.27. The fraction of sp³-hybridized carbons (Fsp3) is 0.714. The first-order valence-electron chi connectivity index (χ1n) is 3.66. The maximum atomic E-state index is 10.6. The van der Waals surface area contributed by atoms with Gasteiger partial charge >= 0.3 is 6.03 Å². The van der Waals surface area contributed by atoms with Gasteiger partial charge in [-0.3, -0.25) is 4.79 Å². The Kier molecular flexibility index (Phi) is 2.46. The third-order valence-electron chi connectivity index (χ3n) is 1.97. The molecule has 0 saturated carbocycles. The van der Waals surface area contributed by atoms with Gasteiger partial charge in [-0.25, -0.2) is 4.79 Å². The van der Waals surface area contributed by atoms with Gasteiger partial charge < -0.3 is 10.6 Å². The molecule has 0 aromatic heterocycles. The summed E-state index contributed by atoms with van der Waals surface area (Å²) in [6.07, 6.45) is 3.34. The Hall–Kier alpha value is -1.06. The molecule has 1 fully saturated rings. The minimum absolute atomic E-state index is 0.00519. The van der Waals surface area contributed by atoms with Gasteiger partial charge in [-0.05, 0) is 12.8 Å². The highest BCUT2D eigenvalue weighted by atomic mass is 16.2. The summed E-state index contributed by atoms with van der Waals surface area (Å²) in [5.41, 5.74) is 5.04. The molecule has 0 bridgehead atoms. The molecule has 1 heterocycles. The van der Waals surface area contributed by atoms with Gasteiger partial charge in [0.15, 0.2) is 0 Å². The molecule has 0 spiro atoms. The first kappa shape index (κ1) is 8.04. The second-order valence-electron chi connectivity index (χ2n) is 2.72. The number of carbonyl (C=O) groups is 1. The largest absolute Gasteiger partial charge is 0.351 e. The van der Waals surface area contributed by atoms with Gasteiger partial charge in [0, 0.05) is 19.0 Å². The Morgan fingerprint density at radius 2 is 2.00 bits per heavy atom. The number of amides is 2. The van der Waals surface area contributed by atoms with Gasteiger partial charge in [0.1, 0.15) is 0 Å². The van der Waals surface area contributed by atoms with Crippen molar-refractivity contribution >= 4 is 12.3 Å². The molecule has 0 aliphatic carbocycles. The number of urea groups is 1. The number of piperidine rings is 1. The minimum Gasteiger partial charge on any atom is -0.351 e. The fourth-order valence-corrected chi connectivity index (χ4v) is 1.22. The van der Waals surface area contributed by atoms with E-state index in [2.05, 4.69) is 0 Å². The van der Waals surface area contributed by atoms with E-state index in [-0.39, 0.29) is 5.92 Å². The van der Waals surface area contributed by atoms with Crippen LogP contribution in [0.2, 0.25) is 0 Å². The van der Waals surface area contributed by atoms with E-state index >= 15 is 0 Å². The number of hydrogen-bond donors (Lipinski definition) is 1. The van der Waals surface area contributed by atoms with E-state index in [1.54, 1.807) is 4.90 Å². The predicted octanol–water partition coefficient (Wildman–Crippen LogP) is -0.113. The van der Waals surface area contributed by atoms with E-state index in [1.807, 2.05) is 6.29 Å². The zero-order valence-corrected chi connectivity index (χ0v) is 6.25. The van der Waals surface area contributed by atoms with Crippen LogP contribution in [0.1, 0.15) is 12.8 Å². The molecular weight excluding hydrogens is 144 g/mol. The van der Waals surface area contributed by atoms with E-state index in [0.29, 0.717) is 25.9 Å². The van der Waals surface area contributed by atoms with Gasteiger partial charge in [0.25, 0.3) is 0 Å². The third-order valence-corrected chi connectivity index (χ3v) is 1.97. The van der Waals surface area contributed by atoms with Crippen LogP contribution in [0.5, 0.6) is 0 Å². The van der Waals surface area contributed by atoms with Crippen molar-refractivity contribution in [1.82, 2.24) is 4.90 Å². The summed E-state index contributed by atoms with van der Waals surface area (Å²) in [5.74, 6) is 0.00519. The average molecular weight is 155 g/mol. The highest BCUT2D eigenvalue weighted by molar-refractivity contribution is 5.72. The van der Waals surface area contributed by atoms with Crippen molar-refractivity contribution in [3.8, 4) is 0 Å². The van der Waals surface area contributed by atoms with E-state index in [1.165, 1.54) is 0 Å². The van der Waals surface area contributed by atoms with Gasteiger partial charge in [0.2, 0.25) is 6.29 Å². The first-order valence-corrected chi connectivity index (χ1v) is 3.66. The van der Waals surface area contributed by atoms with Crippen LogP contribution in [0.4, 0.5) is 4.79 Å². The quantitative estimate of drug-likeness (QED) is 0.574. The molecule has 2 N–H and O–H groups in total. The van der Waals surface area contributed by atoms with Crippen molar-refractivity contribution < 1.29 is 9.59 Å². The average Bonchev–Trinajstić information content (AvgIpc) is 2.05. The molecule has 1 aliphatic rings. The molecule has 1 aliphatic heterocycles. The standard InChI is InChI=1S/C7H11N2O2/c8-7(11)9-3-1-6(5-10)2-4-9/h6H,1-4H2,(H2,8,11). The first-order chi connectivity index (χ1) is 5.24. The summed E-state index contributed by atoms with van der Waals surface area (Å²) in [5, 5.41) is 0. The predicted molar refractivity (Wildman–Crippen MR) is 39.6 cm³/mol. The van der Waals surface area contributed by atoms with Crippen LogP contribution in [0.3, 0.4) is 0 Å².